The fourth-order valence-corrected chi connectivity index (χ4v) is 2.65. The highest BCUT2D eigenvalue weighted by molar-refractivity contribution is 7.98. The molecule has 0 atom stereocenters. The van der Waals surface area contributed by atoms with E-state index in [4.69, 9.17) is 0 Å². The summed E-state index contributed by atoms with van der Waals surface area (Å²) in [5.74, 6) is 0.996. The molecule has 0 saturated heterocycles. The zero-order valence-corrected chi connectivity index (χ0v) is 12.8. The number of nitrogens with zero attached hydrogens (tertiary/aromatic N) is 3. The van der Waals surface area contributed by atoms with E-state index in [1.807, 2.05) is 28.8 Å². The second-order valence-corrected chi connectivity index (χ2v) is 5.70. The van der Waals surface area contributed by atoms with Crippen molar-refractivity contribution < 1.29 is 0 Å². The minimum atomic E-state index is 0.869. The molecule has 108 valence electrons. The van der Waals surface area contributed by atoms with E-state index in [0.29, 0.717) is 0 Å². The lowest BCUT2D eigenvalue weighted by molar-refractivity contribution is 0.666. The summed E-state index contributed by atoms with van der Waals surface area (Å²) < 4.78 is 2.04. The van der Waals surface area contributed by atoms with Crippen molar-refractivity contribution in [2.24, 2.45) is 0 Å². The Morgan fingerprint density at radius 1 is 1.10 bits per heavy atom. The van der Waals surface area contributed by atoms with Gasteiger partial charge in [0.05, 0.1) is 0 Å². The van der Waals surface area contributed by atoms with Crippen molar-refractivity contribution in [1.82, 2.24) is 19.9 Å². The van der Waals surface area contributed by atoms with E-state index in [9.17, 15) is 0 Å². The van der Waals surface area contributed by atoms with Crippen molar-refractivity contribution in [2.75, 3.05) is 12.8 Å². The van der Waals surface area contributed by atoms with Gasteiger partial charge in [-0.2, -0.15) is 0 Å². The summed E-state index contributed by atoms with van der Waals surface area (Å²) in [6.07, 6.45) is 4.97. The minimum absolute atomic E-state index is 0.869. The molecule has 5 heteroatoms. The second-order valence-electron chi connectivity index (χ2n) is 4.82. The Morgan fingerprint density at radius 2 is 1.95 bits per heavy atom. The van der Waals surface area contributed by atoms with Gasteiger partial charge in [-0.15, -0.1) is 22.0 Å². The van der Waals surface area contributed by atoms with Crippen LogP contribution in [0.25, 0.3) is 5.65 Å². The monoisotopic (exact) mass is 298 g/mol. The van der Waals surface area contributed by atoms with E-state index in [0.717, 1.165) is 31.0 Å². The van der Waals surface area contributed by atoms with Crippen molar-refractivity contribution in [3.8, 4) is 0 Å². The second kappa shape index (κ2) is 6.74. The number of fused-ring (bicyclic) bond motifs is 1. The van der Waals surface area contributed by atoms with Crippen LogP contribution in [-0.2, 0) is 13.0 Å². The molecule has 0 fully saturated rings. The van der Waals surface area contributed by atoms with Crippen LogP contribution in [-0.4, -0.2) is 27.4 Å². The van der Waals surface area contributed by atoms with Gasteiger partial charge in [-0.3, -0.25) is 4.40 Å². The van der Waals surface area contributed by atoms with Gasteiger partial charge in [0.25, 0.3) is 0 Å². The summed E-state index contributed by atoms with van der Waals surface area (Å²) in [6, 6.07) is 14.6. The fourth-order valence-electron chi connectivity index (χ4n) is 2.24. The number of pyridine rings is 1. The number of nitrogens with one attached hydrogen (secondary N) is 1. The molecular weight excluding hydrogens is 280 g/mol. The molecule has 0 bridgehead atoms. The van der Waals surface area contributed by atoms with Gasteiger partial charge in [0.15, 0.2) is 5.65 Å². The third-order valence-corrected chi connectivity index (χ3v) is 4.14. The van der Waals surface area contributed by atoms with Crippen LogP contribution in [0.4, 0.5) is 0 Å². The summed E-state index contributed by atoms with van der Waals surface area (Å²) >= 11 is 1.77. The van der Waals surface area contributed by atoms with Gasteiger partial charge in [0.1, 0.15) is 5.82 Å². The van der Waals surface area contributed by atoms with Crippen molar-refractivity contribution >= 4 is 17.4 Å². The summed E-state index contributed by atoms with van der Waals surface area (Å²) in [7, 11) is 0. The molecule has 1 aromatic carbocycles. The van der Waals surface area contributed by atoms with Crippen LogP contribution in [0.15, 0.2) is 53.6 Å². The molecule has 4 nitrogen and oxygen atoms in total. The largest absolute Gasteiger partial charge is 0.312 e. The lowest BCUT2D eigenvalue weighted by Crippen LogP contribution is -2.17. The number of benzene rings is 1. The van der Waals surface area contributed by atoms with Crippen LogP contribution in [0, 0.1) is 0 Å². The van der Waals surface area contributed by atoms with Gasteiger partial charge in [-0.1, -0.05) is 18.2 Å². The van der Waals surface area contributed by atoms with Crippen molar-refractivity contribution in [3.05, 3.63) is 60.0 Å². The Kier molecular flexibility index (Phi) is 4.52. The zero-order valence-electron chi connectivity index (χ0n) is 12.0. The smallest absolute Gasteiger partial charge is 0.160 e. The van der Waals surface area contributed by atoms with Crippen LogP contribution in [0.1, 0.15) is 11.4 Å². The number of thioether (sulfide) groups is 1. The van der Waals surface area contributed by atoms with Crippen molar-refractivity contribution in [2.45, 2.75) is 17.9 Å². The highest BCUT2D eigenvalue weighted by Crippen LogP contribution is 2.14. The van der Waals surface area contributed by atoms with E-state index in [1.54, 1.807) is 11.8 Å². The Balaban J connectivity index is 1.51. The van der Waals surface area contributed by atoms with Crippen LogP contribution >= 0.6 is 11.8 Å². The fraction of sp³-hybridized carbons (Fsp3) is 0.250. The molecule has 0 saturated carbocycles. The maximum atomic E-state index is 4.23. The Morgan fingerprint density at radius 3 is 2.76 bits per heavy atom. The van der Waals surface area contributed by atoms with Gasteiger partial charge in [-0.05, 0) is 36.1 Å². The highest BCUT2D eigenvalue weighted by atomic mass is 32.2. The first-order valence-electron chi connectivity index (χ1n) is 6.99. The van der Waals surface area contributed by atoms with Crippen LogP contribution < -0.4 is 5.32 Å². The van der Waals surface area contributed by atoms with Gasteiger partial charge >= 0.3 is 0 Å². The number of hydrogen-bond acceptors (Lipinski definition) is 4. The average molecular weight is 298 g/mol. The molecule has 0 aliphatic heterocycles. The normalized spacial score (nSPS) is 11.1. The summed E-state index contributed by atoms with van der Waals surface area (Å²) in [6.45, 7) is 1.77. The maximum Gasteiger partial charge on any atom is 0.160 e. The molecule has 1 N–H and O–H groups in total. The predicted octanol–water partition coefficient (Wildman–Crippen LogP) is 2.78. The van der Waals surface area contributed by atoms with E-state index in [-0.39, 0.29) is 0 Å². The molecular formula is C16H18N4S. The summed E-state index contributed by atoms with van der Waals surface area (Å²) in [5, 5.41) is 11.8. The average Bonchev–Trinajstić information content (AvgIpc) is 2.95. The molecule has 0 radical (unpaired) electrons. The van der Waals surface area contributed by atoms with Gasteiger partial charge in [-0.25, -0.2) is 0 Å². The molecule has 2 aromatic heterocycles. The van der Waals surface area contributed by atoms with Gasteiger partial charge in [0.2, 0.25) is 0 Å². The topological polar surface area (TPSA) is 42.2 Å². The first-order valence-corrected chi connectivity index (χ1v) is 8.21. The lowest BCUT2D eigenvalue weighted by atomic mass is 10.2. The molecule has 0 unspecified atom stereocenters. The predicted molar refractivity (Wildman–Crippen MR) is 86.6 cm³/mol. The molecule has 0 amide bonds. The number of hydrogen-bond donors (Lipinski definition) is 1. The molecule has 3 aromatic rings. The molecule has 21 heavy (non-hydrogen) atoms. The molecule has 0 aliphatic carbocycles. The van der Waals surface area contributed by atoms with Crippen LogP contribution in [0.2, 0.25) is 0 Å². The third kappa shape index (κ3) is 3.43. The first kappa shape index (κ1) is 14.1. The third-order valence-electron chi connectivity index (χ3n) is 3.40. The van der Waals surface area contributed by atoms with E-state index < -0.39 is 0 Å². The van der Waals surface area contributed by atoms with Crippen LogP contribution in [0.5, 0.6) is 0 Å². The van der Waals surface area contributed by atoms with Crippen LogP contribution in [0.3, 0.4) is 0 Å². The Hall–Kier alpha value is -1.85. The Labute approximate surface area is 128 Å². The SMILES string of the molecule is CSc1ccc(CNCCc2nnc3ccccn23)cc1. The standard InChI is InChI=1S/C16H18N4S/c1-21-14-7-5-13(6-8-14)12-17-10-9-16-19-18-15-4-2-3-11-20(15)16/h2-8,11,17H,9-10,12H2,1H3. The lowest BCUT2D eigenvalue weighted by Gasteiger charge is -2.05. The first-order chi connectivity index (χ1) is 10.4. The molecule has 2 heterocycles. The zero-order chi connectivity index (χ0) is 14.5. The van der Waals surface area contributed by atoms with Gasteiger partial charge < -0.3 is 5.32 Å². The van der Waals surface area contributed by atoms with E-state index in [2.05, 4.69) is 46.0 Å². The quantitative estimate of drug-likeness (QED) is 0.561. The summed E-state index contributed by atoms with van der Waals surface area (Å²) in [5.41, 5.74) is 2.21. The van der Waals surface area contributed by atoms with Gasteiger partial charge in [0, 0.05) is 30.6 Å². The van der Waals surface area contributed by atoms with Crippen molar-refractivity contribution in [1.29, 1.82) is 0 Å². The number of aromatic nitrogens is 3. The highest BCUT2D eigenvalue weighted by Gasteiger charge is 2.03. The molecule has 0 spiro atoms. The van der Waals surface area contributed by atoms with E-state index in [1.165, 1.54) is 10.5 Å². The Bertz CT molecular complexity index is 706. The minimum Gasteiger partial charge on any atom is -0.312 e. The summed E-state index contributed by atoms with van der Waals surface area (Å²) in [4.78, 5) is 1.30. The molecule has 3 rings (SSSR count). The number of rotatable bonds is 6. The van der Waals surface area contributed by atoms with Crippen molar-refractivity contribution in [3.63, 3.8) is 0 Å². The van der Waals surface area contributed by atoms with E-state index >= 15 is 0 Å². The molecule has 0 aliphatic rings. The maximum absolute atomic E-state index is 4.23.